The van der Waals surface area contributed by atoms with Gasteiger partial charge in [-0.3, -0.25) is 9.63 Å². The molecule has 0 bridgehead atoms. The standard InChI is InChI=1S/C9H11NO3.ClH/c11-6-7-13-10-9(12)8-4-2-1-3-5-8;/h1-5,11H,6-7H2,(H,10,12);1H. The van der Waals surface area contributed by atoms with E-state index in [0.29, 0.717) is 5.56 Å². The Morgan fingerprint density at radius 3 is 2.57 bits per heavy atom. The maximum absolute atomic E-state index is 11.2. The maximum Gasteiger partial charge on any atom is 0.274 e. The van der Waals surface area contributed by atoms with Crippen LogP contribution in [0.25, 0.3) is 0 Å². The molecule has 4 nitrogen and oxygen atoms in total. The zero-order valence-corrected chi connectivity index (χ0v) is 8.29. The number of halogens is 1. The highest BCUT2D eigenvalue weighted by Gasteiger charge is 2.02. The second-order valence-corrected chi connectivity index (χ2v) is 2.37. The van der Waals surface area contributed by atoms with E-state index in [1.807, 2.05) is 6.07 Å². The summed E-state index contributed by atoms with van der Waals surface area (Å²) in [6.07, 6.45) is 0. The zero-order chi connectivity index (χ0) is 9.52. The lowest BCUT2D eigenvalue weighted by Gasteiger charge is -2.03. The van der Waals surface area contributed by atoms with Gasteiger partial charge in [-0.15, -0.1) is 12.4 Å². The number of carbonyl (C=O) groups excluding carboxylic acids is 1. The van der Waals surface area contributed by atoms with Crippen molar-refractivity contribution in [2.75, 3.05) is 13.2 Å². The summed E-state index contributed by atoms with van der Waals surface area (Å²) in [5, 5.41) is 8.37. The van der Waals surface area contributed by atoms with Gasteiger partial charge in [-0.1, -0.05) is 18.2 Å². The van der Waals surface area contributed by atoms with Gasteiger partial charge < -0.3 is 5.11 Å². The number of rotatable bonds is 4. The summed E-state index contributed by atoms with van der Waals surface area (Å²) < 4.78 is 0. The molecule has 1 aromatic carbocycles. The van der Waals surface area contributed by atoms with Crippen LogP contribution in [0.1, 0.15) is 10.4 Å². The summed E-state index contributed by atoms with van der Waals surface area (Å²) in [5.74, 6) is -0.311. The molecule has 0 saturated heterocycles. The lowest BCUT2D eigenvalue weighted by molar-refractivity contribution is 0.0168. The van der Waals surface area contributed by atoms with E-state index in [4.69, 9.17) is 5.11 Å². The summed E-state index contributed by atoms with van der Waals surface area (Å²) in [7, 11) is 0. The normalized spacial score (nSPS) is 8.93. The van der Waals surface area contributed by atoms with Gasteiger partial charge in [0.05, 0.1) is 13.2 Å². The van der Waals surface area contributed by atoms with Crippen molar-refractivity contribution in [3.63, 3.8) is 0 Å². The van der Waals surface area contributed by atoms with Crippen LogP contribution in [0.15, 0.2) is 30.3 Å². The Bertz CT molecular complexity index is 266. The molecule has 78 valence electrons. The number of carbonyl (C=O) groups is 1. The number of hydrogen-bond donors (Lipinski definition) is 2. The summed E-state index contributed by atoms with van der Waals surface area (Å²) >= 11 is 0. The molecule has 0 spiro atoms. The molecular weight excluding hydrogens is 206 g/mol. The molecule has 0 fully saturated rings. The van der Waals surface area contributed by atoms with Crippen molar-refractivity contribution in [3.8, 4) is 0 Å². The number of benzene rings is 1. The molecule has 14 heavy (non-hydrogen) atoms. The second kappa shape index (κ2) is 7.32. The number of hydroxylamine groups is 1. The van der Waals surface area contributed by atoms with Gasteiger partial charge in [-0.05, 0) is 12.1 Å². The third kappa shape index (κ3) is 4.23. The van der Waals surface area contributed by atoms with Crippen LogP contribution in [0, 0.1) is 0 Å². The minimum Gasteiger partial charge on any atom is -0.394 e. The van der Waals surface area contributed by atoms with Gasteiger partial charge in [0.25, 0.3) is 5.91 Å². The Hall–Kier alpha value is -1.10. The van der Waals surface area contributed by atoms with E-state index in [2.05, 4.69) is 10.3 Å². The fraction of sp³-hybridized carbons (Fsp3) is 0.222. The predicted octanol–water partition coefficient (Wildman–Crippen LogP) is 0.762. The van der Waals surface area contributed by atoms with Crippen molar-refractivity contribution >= 4 is 18.3 Å². The highest BCUT2D eigenvalue weighted by atomic mass is 35.5. The summed E-state index contributed by atoms with van der Waals surface area (Å²) in [4.78, 5) is 15.9. The number of nitrogens with one attached hydrogen (secondary N) is 1. The molecule has 0 aliphatic rings. The van der Waals surface area contributed by atoms with Gasteiger partial charge in [0, 0.05) is 5.56 Å². The van der Waals surface area contributed by atoms with Gasteiger partial charge in [0.1, 0.15) is 0 Å². The van der Waals surface area contributed by atoms with Crippen molar-refractivity contribution in [1.29, 1.82) is 0 Å². The molecule has 5 heteroatoms. The lowest BCUT2D eigenvalue weighted by atomic mass is 10.2. The molecule has 0 radical (unpaired) electrons. The minimum absolute atomic E-state index is 0. The van der Waals surface area contributed by atoms with E-state index < -0.39 is 0 Å². The molecule has 1 aromatic rings. The van der Waals surface area contributed by atoms with Crippen molar-refractivity contribution in [2.24, 2.45) is 0 Å². The van der Waals surface area contributed by atoms with E-state index in [-0.39, 0.29) is 31.5 Å². The van der Waals surface area contributed by atoms with Crippen molar-refractivity contribution in [1.82, 2.24) is 5.48 Å². The van der Waals surface area contributed by atoms with E-state index in [1.54, 1.807) is 24.3 Å². The molecule has 0 unspecified atom stereocenters. The van der Waals surface area contributed by atoms with Crippen molar-refractivity contribution in [3.05, 3.63) is 35.9 Å². The first-order valence-electron chi connectivity index (χ1n) is 3.92. The van der Waals surface area contributed by atoms with Crippen LogP contribution >= 0.6 is 12.4 Å². The predicted molar refractivity (Wildman–Crippen MR) is 54.2 cm³/mol. The van der Waals surface area contributed by atoms with Crippen LogP contribution in [-0.4, -0.2) is 24.2 Å². The smallest absolute Gasteiger partial charge is 0.274 e. The van der Waals surface area contributed by atoms with Crippen LogP contribution in [0.5, 0.6) is 0 Å². The van der Waals surface area contributed by atoms with Crippen LogP contribution < -0.4 is 5.48 Å². The molecule has 0 aromatic heterocycles. The van der Waals surface area contributed by atoms with Crippen molar-refractivity contribution < 1.29 is 14.7 Å². The average Bonchev–Trinajstić information content (AvgIpc) is 2.19. The number of aliphatic hydroxyl groups is 1. The van der Waals surface area contributed by atoms with Crippen LogP contribution in [0.3, 0.4) is 0 Å². The minimum atomic E-state index is -0.311. The third-order valence-corrected chi connectivity index (χ3v) is 1.39. The topological polar surface area (TPSA) is 58.6 Å². The third-order valence-electron chi connectivity index (χ3n) is 1.39. The first-order chi connectivity index (χ1) is 6.34. The Labute approximate surface area is 88.3 Å². The van der Waals surface area contributed by atoms with Crippen LogP contribution in [-0.2, 0) is 4.84 Å². The average molecular weight is 218 g/mol. The van der Waals surface area contributed by atoms with Crippen LogP contribution in [0.4, 0.5) is 0 Å². The van der Waals surface area contributed by atoms with Gasteiger partial charge in [0.15, 0.2) is 0 Å². The second-order valence-electron chi connectivity index (χ2n) is 2.37. The molecule has 0 aliphatic heterocycles. The Kier molecular flexibility index (Phi) is 6.74. The Balaban J connectivity index is 0.00000169. The first kappa shape index (κ1) is 12.9. The molecule has 0 atom stereocenters. The molecule has 0 heterocycles. The Morgan fingerprint density at radius 2 is 2.00 bits per heavy atom. The molecule has 0 saturated carbocycles. The van der Waals surface area contributed by atoms with Crippen molar-refractivity contribution in [2.45, 2.75) is 0 Å². The molecule has 2 N–H and O–H groups in total. The number of hydrogen-bond acceptors (Lipinski definition) is 3. The first-order valence-corrected chi connectivity index (χ1v) is 3.92. The summed E-state index contributed by atoms with van der Waals surface area (Å²) in [5.41, 5.74) is 2.73. The highest BCUT2D eigenvalue weighted by molar-refractivity contribution is 5.93. The molecule has 1 amide bonds. The van der Waals surface area contributed by atoms with E-state index in [1.165, 1.54) is 0 Å². The Morgan fingerprint density at radius 1 is 1.36 bits per heavy atom. The number of amides is 1. The maximum atomic E-state index is 11.2. The zero-order valence-electron chi connectivity index (χ0n) is 7.47. The fourth-order valence-electron chi connectivity index (χ4n) is 0.811. The summed E-state index contributed by atoms with van der Waals surface area (Å²) in [6.45, 7) is -0.0202. The van der Waals surface area contributed by atoms with Crippen LogP contribution in [0.2, 0.25) is 0 Å². The van der Waals surface area contributed by atoms with Gasteiger partial charge >= 0.3 is 0 Å². The lowest BCUT2D eigenvalue weighted by Crippen LogP contribution is -2.24. The quantitative estimate of drug-likeness (QED) is 0.579. The highest BCUT2D eigenvalue weighted by Crippen LogP contribution is 1.97. The van der Waals surface area contributed by atoms with E-state index in [0.717, 1.165) is 0 Å². The largest absolute Gasteiger partial charge is 0.394 e. The monoisotopic (exact) mass is 217 g/mol. The molecular formula is C9H12ClNO3. The number of aliphatic hydroxyl groups excluding tert-OH is 1. The fourth-order valence-corrected chi connectivity index (χ4v) is 0.811. The molecule has 1 rings (SSSR count). The van der Waals surface area contributed by atoms with E-state index in [9.17, 15) is 4.79 Å². The summed E-state index contributed by atoms with van der Waals surface area (Å²) in [6, 6.07) is 8.71. The van der Waals surface area contributed by atoms with Gasteiger partial charge in [0.2, 0.25) is 0 Å². The SMILES string of the molecule is Cl.O=C(NOCCO)c1ccccc1. The van der Waals surface area contributed by atoms with Gasteiger partial charge in [-0.25, -0.2) is 5.48 Å². The molecule has 0 aliphatic carbocycles. The van der Waals surface area contributed by atoms with Gasteiger partial charge in [-0.2, -0.15) is 0 Å². The van der Waals surface area contributed by atoms with E-state index >= 15 is 0 Å².